The topological polar surface area (TPSA) is 66.0 Å². The summed E-state index contributed by atoms with van der Waals surface area (Å²) in [4.78, 5) is 17.1. The Morgan fingerprint density at radius 2 is 2.64 bits per heavy atom. The second-order valence-corrected chi connectivity index (χ2v) is 2.41. The van der Waals surface area contributed by atoms with Gasteiger partial charge in [0.15, 0.2) is 5.78 Å². The first-order chi connectivity index (χ1) is 5.20. The number of hydrogen-bond donors (Lipinski definition) is 2. The van der Waals surface area contributed by atoms with E-state index in [0.717, 1.165) is 5.69 Å². The largest absolute Gasteiger partial charge is 0.385 e. The molecule has 1 aromatic rings. The average Bonchev–Trinajstić information content (AvgIpc) is 2.39. The first kappa shape index (κ1) is 7.94. The van der Waals surface area contributed by atoms with Gasteiger partial charge in [0.25, 0.3) is 0 Å². The lowest BCUT2D eigenvalue weighted by Gasteiger charge is -2.02. The summed E-state index contributed by atoms with van der Waals surface area (Å²) in [7, 11) is 0. The van der Waals surface area contributed by atoms with Crippen molar-refractivity contribution in [1.29, 1.82) is 0 Å². The van der Waals surface area contributed by atoms with Crippen molar-refractivity contribution < 1.29 is 9.90 Å². The van der Waals surface area contributed by atoms with Gasteiger partial charge in [0.1, 0.15) is 6.10 Å². The molecule has 11 heavy (non-hydrogen) atoms. The van der Waals surface area contributed by atoms with E-state index < -0.39 is 6.10 Å². The van der Waals surface area contributed by atoms with Crippen molar-refractivity contribution in [3.63, 3.8) is 0 Å². The summed E-state index contributed by atoms with van der Waals surface area (Å²) in [5, 5.41) is 9.10. The van der Waals surface area contributed by atoms with Crippen molar-refractivity contribution in [3.8, 4) is 0 Å². The van der Waals surface area contributed by atoms with Gasteiger partial charge in [-0.15, -0.1) is 0 Å². The third-order valence-corrected chi connectivity index (χ3v) is 1.44. The Kier molecular flexibility index (Phi) is 2.38. The van der Waals surface area contributed by atoms with Crippen LogP contribution in [0.1, 0.15) is 12.6 Å². The number of H-pyrrole nitrogens is 1. The molecule has 0 aliphatic rings. The molecule has 1 rings (SSSR count). The fourth-order valence-corrected chi connectivity index (χ4v) is 0.748. The molecule has 0 saturated carbocycles. The first-order valence-electron chi connectivity index (χ1n) is 3.36. The fourth-order valence-electron chi connectivity index (χ4n) is 0.748. The van der Waals surface area contributed by atoms with Gasteiger partial charge in [0.2, 0.25) is 0 Å². The molecule has 0 bridgehead atoms. The Morgan fingerprint density at radius 1 is 1.91 bits per heavy atom. The van der Waals surface area contributed by atoms with Gasteiger partial charge in [0, 0.05) is 18.3 Å². The molecule has 0 amide bonds. The molecule has 0 unspecified atom stereocenters. The lowest BCUT2D eigenvalue weighted by Crippen LogP contribution is -2.19. The number of rotatable bonds is 3. The van der Waals surface area contributed by atoms with Gasteiger partial charge < -0.3 is 10.1 Å². The second-order valence-electron chi connectivity index (χ2n) is 2.41. The quantitative estimate of drug-likeness (QED) is 0.639. The van der Waals surface area contributed by atoms with E-state index in [-0.39, 0.29) is 5.78 Å². The first-order valence-corrected chi connectivity index (χ1v) is 3.36. The lowest BCUT2D eigenvalue weighted by molar-refractivity contribution is -0.124. The summed E-state index contributed by atoms with van der Waals surface area (Å²) >= 11 is 0. The van der Waals surface area contributed by atoms with Crippen LogP contribution in [-0.2, 0) is 11.2 Å². The molecule has 1 heterocycles. The molecule has 1 aromatic heterocycles. The van der Waals surface area contributed by atoms with Gasteiger partial charge in [-0.05, 0) is 6.92 Å². The van der Waals surface area contributed by atoms with Crippen LogP contribution >= 0.6 is 0 Å². The maximum Gasteiger partial charge on any atom is 0.158 e. The van der Waals surface area contributed by atoms with Crippen LogP contribution in [0.15, 0.2) is 12.5 Å². The van der Waals surface area contributed by atoms with Gasteiger partial charge in [-0.3, -0.25) is 4.79 Å². The minimum absolute atomic E-state index is 0.223. The van der Waals surface area contributed by atoms with Gasteiger partial charge >= 0.3 is 0 Å². The number of nitrogens with zero attached hydrogens (tertiary/aromatic N) is 1. The summed E-state index contributed by atoms with van der Waals surface area (Å²) in [6, 6.07) is 0. The zero-order valence-corrected chi connectivity index (χ0v) is 6.24. The zero-order chi connectivity index (χ0) is 8.27. The number of nitrogens with one attached hydrogen (secondary N) is 1. The predicted molar refractivity (Wildman–Crippen MR) is 39.0 cm³/mol. The third-order valence-electron chi connectivity index (χ3n) is 1.44. The number of ketones is 1. The van der Waals surface area contributed by atoms with E-state index in [0.29, 0.717) is 6.42 Å². The molecule has 0 radical (unpaired) electrons. The Bertz CT molecular complexity index is 231. The number of imidazole rings is 1. The zero-order valence-electron chi connectivity index (χ0n) is 6.24. The third kappa shape index (κ3) is 2.16. The van der Waals surface area contributed by atoms with Crippen LogP contribution in [0.4, 0.5) is 0 Å². The summed E-state index contributed by atoms with van der Waals surface area (Å²) < 4.78 is 0. The number of hydrogen-bond acceptors (Lipinski definition) is 3. The summed E-state index contributed by atoms with van der Waals surface area (Å²) in [5.41, 5.74) is 0.771. The van der Waals surface area contributed by atoms with E-state index in [1.165, 1.54) is 13.3 Å². The van der Waals surface area contributed by atoms with Gasteiger partial charge in [-0.25, -0.2) is 4.98 Å². The monoisotopic (exact) mass is 154 g/mol. The van der Waals surface area contributed by atoms with Crippen molar-refractivity contribution in [2.75, 3.05) is 0 Å². The maximum absolute atomic E-state index is 10.6. The summed E-state index contributed by atoms with van der Waals surface area (Å²) in [6.45, 7) is 1.36. The van der Waals surface area contributed by atoms with Crippen molar-refractivity contribution in [2.45, 2.75) is 19.4 Å². The highest BCUT2D eigenvalue weighted by molar-refractivity contribution is 5.80. The predicted octanol–water partition coefficient (Wildman–Crippen LogP) is -0.0979. The Balaban J connectivity index is 2.50. The van der Waals surface area contributed by atoms with E-state index in [1.807, 2.05) is 0 Å². The van der Waals surface area contributed by atoms with Crippen LogP contribution in [0.5, 0.6) is 0 Å². The lowest BCUT2D eigenvalue weighted by atomic mass is 10.1. The SMILES string of the molecule is CC(=O)[C@@H](O)Cc1cnc[nH]1. The molecule has 0 aliphatic carbocycles. The van der Waals surface area contributed by atoms with E-state index in [1.54, 1.807) is 6.20 Å². The molecule has 4 nitrogen and oxygen atoms in total. The van der Waals surface area contributed by atoms with Crippen molar-refractivity contribution >= 4 is 5.78 Å². The molecule has 1 atom stereocenters. The van der Waals surface area contributed by atoms with E-state index in [9.17, 15) is 4.79 Å². The number of aromatic nitrogens is 2. The molecular formula is C7H10N2O2. The molecule has 0 spiro atoms. The number of Topliss-reactive ketones (excluding diaryl/α,β-unsaturated/α-hetero) is 1. The van der Waals surface area contributed by atoms with Gasteiger partial charge in [0.05, 0.1) is 6.33 Å². The van der Waals surface area contributed by atoms with Crippen molar-refractivity contribution in [2.24, 2.45) is 0 Å². The molecule has 0 aromatic carbocycles. The van der Waals surface area contributed by atoms with Gasteiger partial charge in [-0.2, -0.15) is 0 Å². The summed E-state index contributed by atoms with van der Waals surface area (Å²) in [5.74, 6) is -0.223. The molecule has 60 valence electrons. The van der Waals surface area contributed by atoms with E-state index in [2.05, 4.69) is 9.97 Å². The van der Waals surface area contributed by atoms with Crippen LogP contribution in [0.3, 0.4) is 0 Å². The van der Waals surface area contributed by atoms with Crippen molar-refractivity contribution in [1.82, 2.24) is 9.97 Å². The van der Waals surface area contributed by atoms with Crippen LogP contribution in [-0.4, -0.2) is 27.0 Å². The van der Waals surface area contributed by atoms with E-state index >= 15 is 0 Å². The Hall–Kier alpha value is -1.16. The highest BCUT2D eigenvalue weighted by Crippen LogP contribution is 1.98. The maximum atomic E-state index is 10.6. The van der Waals surface area contributed by atoms with Crippen molar-refractivity contribution in [3.05, 3.63) is 18.2 Å². The molecule has 0 saturated heterocycles. The van der Waals surface area contributed by atoms with Crippen LogP contribution < -0.4 is 0 Å². The number of carbonyl (C=O) groups excluding carboxylic acids is 1. The highest BCUT2D eigenvalue weighted by Gasteiger charge is 2.10. The Labute approximate surface area is 64.3 Å². The minimum Gasteiger partial charge on any atom is -0.385 e. The van der Waals surface area contributed by atoms with Crippen LogP contribution in [0.25, 0.3) is 0 Å². The minimum atomic E-state index is -0.907. The van der Waals surface area contributed by atoms with Crippen LogP contribution in [0, 0.1) is 0 Å². The molecule has 4 heteroatoms. The van der Waals surface area contributed by atoms with E-state index in [4.69, 9.17) is 5.11 Å². The number of aromatic amines is 1. The molecular weight excluding hydrogens is 144 g/mol. The molecule has 2 N–H and O–H groups in total. The fraction of sp³-hybridized carbons (Fsp3) is 0.429. The Morgan fingerprint density at radius 3 is 3.09 bits per heavy atom. The number of aliphatic hydroxyl groups is 1. The number of carbonyl (C=O) groups is 1. The van der Waals surface area contributed by atoms with Gasteiger partial charge in [-0.1, -0.05) is 0 Å². The summed E-state index contributed by atoms with van der Waals surface area (Å²) in [6.07, 6.45) is 2.51. The highest BCUT2D eigenvalue weighted by atomic mass is 16.3. The molecule has 0 fully saturated rings. The average molecular weight is 154 g/mol. The standard InChI is InChI=1S/C7H10N2O2/c1-5(10)7(11)2-6-3-8-4-9-6/h3-4,7,11H,2H2,1H3,(H,8,9)/t7-/m0/s1. The molecule has 0 aliphatic heterocycles. The number of aliphatic hydroxyl groups excluding tert-OH is 1. The smallest absolute Gasteiger partial charge is 0.158 e. The van der Waals surface area contributed by atoms with Crippen LogP contribution in [0.2, 0.25) is 0 Å². The normalized spacial score (nSPS) is 12.9. The second kappa shape index (κ2) is 3.30.